The van der Waals surface area contributed by atoms with Crippen LogP contribution in [0.15, 0.2) is 36.7 Å². The van der Waals surface area contributed by atoms with Crippen LogP contribution in [0, 0.1) is 0 Å². The Bertz CT molecular complexity index is 777. The van der Waals surface area contributed by atoms with Crippen molar-refractivity contribution in [3.8, 4) is 0 Å². The Labute approximate surface area is 157 Å². The fraction of sp³-hybridized carbons (Fsp3) is 0.421. The number of morpholine rings is 1. The van der Waals surface area contributed by atoms with E-state index in [4.69, 9.17) is 16.3 Å². The molecule has 3 heterocycles. The van der Waals surface area contributed by atoms with E-state index in [-0.39, 0.29) is 12.0 Å². The van der Waals surface area contributed by atoms with Crippen LogP contribution in [0.1, 0.15) is 35.0 Å². The van der Waals surface area contributed by atoms with Gasteiger partial charge in [0, 0.05) is 31.2 Å². The van der Waals surface area contributed by atoms with Gasteiger partial charge in [-0.2, -0.15) is 0 Å². The number of benzene rings is 1. The quantitative estimate of drug-likeness (QED) is 0.829. The van der Waals surface area contributed by atoms with E-state index in [9.17, 15) is 4.79 Å². The Hall–Kier alpha value is -2.18. The highest BCUT2D eigenvalue weighted by Crippen LogP contribution is 2.26. The Morgan fingerprint density at radius 3 is 2.65 bits per heavy atom. The van der Waals surface area contributed by atoms with Gasteiger partial charge in [0.25, 0.3) is 5.91 Å². The minimum absolute atomic E-state index is 0.0284. The summed E-state index contributed by atoms with van der Waals surface area (Å²) < 4.78 is 5.91. The topological polar surface area (TPSA) is 58.6 Å². The number of hydrogen-bond donors (Lipinski definition) is 0. The van der Waals surface area contributed by atoms with E-state index in [1.165, 1.54) is 0 Å². The largest absolute Gasteiger partial charge is 0.370 e. The van der Waals surface area contributed by atoms with E-state index in [0.29, 0.717) is 23.9 Å². The Morgan fingerprint density at radius 1 is 1.12 bits per heavy atom. The summed E-state index contributed by atoms with van der Waals surface area (Å²) in [5.41, 5.74) is 1.50. The number of amides is 1. The van der Waals surface area contributed by atoms with Crippen LogP contribution in [0.4, 0.5) is 5.82 Å². The lowest BCUT2D eigenvalue weighted by Crippen LogP contribution is -2.39. The van der Waals surface area contributed by atoms with Gasteiger partial charge in [0.1, 0.15) is 17.6 Å². The van der Waals surface area contributed by atoms with Gasteiger partial charge < -0.3 is 14.5 Å². The van der Waals surface area contributed by atoms with Crippen LogP contribution in [0.25, 0.3) is 0 Å². The third kappa shape index (κ3) is 3.66. The summed E-state index contributed by atoms with van der Waals surface area (Å²) in [4.78, 5) is 25.4. The first kappa shape index (κ1) is 17.2. The van der Waals surface area contributed by atoms with Gasteiger partial charge in [-0.1, -0.05) is 23.7 Å². The van der Waals surface area contributed by atoms with Gasteiger partial charge in [0.05, 0.1) is 19.0 Å². The number of likely N-dealkylation sites (tertiary alicyclic amines) is 1. The van der Waals surface area contributed by atoms with Crippen LogP contribution in [0.5, 0.6) is 0 Å². The van der Waals surface area contributed by atoms with E-state index in [2.05, 4.69) is 14.9 Å². The van der Waals surface area contributed by atoms with Crippen LogP contribution in [-0.2, 0) is 4.74 Å². The van der Waals surface area contributed by atoms with E-state index < -0.39 is 0 Å². The second-order valence-electron chi connectivity index (χ2n) is 6.62. The van der Waals surface area contributed by atoms with Gasteiger partial charge in [-0.25, -0.2) is 4.98 Å². The zero-order valence-corrected chi connectivity index (χ0v) is 15.2. The molecule has 1 atom stereocenters. The number of hydrogen-bond acceptors (Lipinski definition) is 5. The Morgan fingerprint density at radius 2 is 1.88 bits per heavy atom. The smallest absolute Gasteiger partial charge is 0.274 e. The molecule has 0 aliphatic carbocycles. The van der Waals surface area contributed by atoms with Crippen LogP contribution in [-0.4, -0.2) is 53.6 Å². The van der Waals surface area contributed by atoms with Gasteiger partial charge in [-0.05, 0) is 30.5 Å². The third-order valence-electron chi connectivity index (χ3n) is 4.87. The normalized spacial score (nSPS) is 20.4. The maximum atomic E-state index is 12.6. The number of ether oxygens (including phenoxy) is 1. The SMILES string of the molecule is O=C(c1cncc(N2CCOC(c3ccc(Cl)cc3)C2)n1)N1CCCC1. The van der Waals surface area contributed by atoms with E-state index in [0.717, 1.165) is 43.9 Å². The summed E-state index contributed by atoms with van der Waals surface area (Å²) in [6, 6.07) is 7.70. The molecule has 0 N–H and O–H groups in total. The Kier molecular flexibility index (Phi) is 5.04. The van der Waals surface area contributed by atoms with Gasteiger partial charge >= 0.3 is 0 Å². The minimum atomic E-state index is -0.0549. The molecule has 0 spiro atoms. The number of anilines is 1. The molecular formula is C19H21ClN4O2. The summed E-state index contributed by atoms with van der Waals surface area (Å²) >= 11 is 5.97. The number of carbonyl (C=O) groups is 1. The van der Waals surface area contributed by atoms with Crippen LogP contribution < -0.4 is 4.90 Å². The maximum absolute atomic E-state index is 12.6. The average molecular weight is 373 g/mol. The van der Waals surface area contributed by atoms with Crippen LogP contribution in [0.3, 0.4) is 0 Å². The third-order valence-corrected chi connectivity index (χ3v) is 5.12. The molecule has 2 fully saturated rings. The summed E-state index contributed by atoms with van der Waals surface area (Å²) in [6.45, 7) is 3.60. The average Bonchev–Trinajstić information content (AvgIpc) is 3.23. The predicted octanol–water partition coefficient (Wildman–Crippen LogP) is 2.94. The summed E-state index contributed by atoms with van der Waals surface area (Å²) in [6.07, 6.45) is 5.34. The molecule has 1 aromatic heterocycles. The maximum Gasteiger partial charge on any atom is 0.274 e. The van der Waals surface area contributed by atoms with Crippen molar-refractivity contribution in [1.29, 1.82) is 0 Å². The number of aromatic nitrogens is 2. The molecule has 0 bridgehead atoms. The molecule has 4 rings (SSSR count). The van der Waals surface area contributed by atoms with Crippen molar-refractivity contribution >= 4 is 23.3 Å². The summed E-state index contributed by atoms with van der Waals surface area (Å²) in [5, 5.41) is 0.709. The van der Waals surface area contributed by atoms with Crippen LogP contribution in [0.2, 0.25) is 5.02 Å². The van der Waals surface area contributed by atoms with Crippen molar-refractivity contribution < 1.29 is 9.53 Å². The highest BCUT2D eigenvalue weighted by atomic mass is 35.5. The Balaban J connectivity index is 1.50. The molecule has 2 aliphatic rings. The molecule has 1 unspecified atom stereocenters. The molecule has 6 nitrogen and oxygen atoms in total. The van der Waals surface area contributed by atoms with Crippen molar-refractivity contribution in [3.63, 3.8) is 0 Å². The number of carbonyl (C=O) groups excluding carboxylic acids is 1. The zero-order valence-electron chi connectivity index (χ0n) is 14.5. The van der Waals surface area contributed by atoms with Gasteiger partial charge in [-0.15, -0.1) is 0 Å². The fourth-order valence-corrected chi connectivity index (χ4v) is 3.56. The molecule has 7 heteroatoms. The summed E-state index contributed by atoms with van der Waals surface area (Å²) in [5.74, 6) is 0.691. The lowest BCUT2D eigenvalue weighted by atomic mass is 10.1. The molecule has 1 amide bonds. The van der Waals surface area contributed by atoms with Crippen molar-refractivity contribution in [2.75, 3.05) is 37.7 Å². The lowest BCUT2D eigenvalue weighted by Gasteiger charge is -2.34. The standard InChI is InChI=1S/C19H21ClN4O2/c20-15-5-3-14(4-6-15)17-13-24(9-10-26-17)18-12-21-11-16(22-18)19(25)23-7-1-2-8-23/h3-6,11-12,17H,1-2,7-10,13H2. The molecule has 0 saturated carbocycles. The van der Waals surface area contributed by atoms with Gasteiger partial charge in [0.2, 0.25) is 0 Å². The second-order valence-corrected chi connectivity index (χ2v) is 7.06. The van der Waals surface area contributed by atoms with E-state index in [1.54, 1.807) is 12.4 Å². The first-order chi connectivity index (χ1) is 12.7. The van der Waals surface area contributed by atoms with Crippen molar-refractivity contribution in [2.24, 2.45) is 0 Å². The van der Waals surface area contributed by atoms with Crippen molar-refractivity contribution in [2.45, 2.75) is 18.9 Å². The van der Waals surface area contributed by atoms with Gasteiger partial charge in [-0.3, -0.25) is 9.78 Å². The fourth-order valence-electron chi connectivity index (χ4n) is 3.43. The first-order valence-corrected chi connectivity index (χ1v) is 9.32. The molecular weight excluding hydrogens is 352 g/mol. The minimum Gasteiger partial charge on any atom is -0.370 e. The number of nitrogens with zero attached hydrogens (tertiary/aromatic N) is 4. The molecule has 1 aromatic carbocycles. The number of rotatable bonds is 3. The van der Waals surface area contributed by atoms with Crippen molar-refractivity contribution in [3.05, 3.63) is 52.9 Å². The monoisotopic (exact) mass is 372 g/mol. The predicted molar refractivity (Wildman–Crippen MR) is 99.5 cm³/mol. The zero-order chi connectivity index (χ0) is 17.9. The van der Waals surface area contributed by atoms with Crippen molar-refractivity contribution in [1.82, 2.24) is 14.9 Å². The molecule has 26 heavy (non-hydrogen) atoms. The number of halogens is 1. The van der Waals surface area contributed by atoms with E-state index in [1.807, 2.05) is 29.2 Å². The highest BCUT2D eigenvalue weighted by Gasteiger charge is 2.25. The highest BCUT2D eigenvalue weighted by molar-refractivity contribution is 6.30. The molecule has 2 aromatic rings. The molecule has 136 valence electrons. The van der Waals surface area contributed by atoms with E-state index >= 15 is 0 Å². The van der Waals surface area contributed by atoms with Crippen LogP contribution >= 0.6 is 11.6 Å². The first-order valence-electron chi connectivity index (χ1n) is 8.94. The summed E-state index contributed by atoms with van der Waals surface area (Å²) in [7, 11) is 0. The molecule has 2 aliphatic heterocycles. The molecule has 0 radical (unpaired) electrons. The molecule has 2 saturated heterocycles. The lowest BCUT2D eigenvalue weighted by molar-refractivity contribution is 0.0395. The van der Waals surface area contributed by atoms with Gasteiger partial charge in [0.15, 0.2) is 0 Å². The second kappa shape index (κ2) is 7.60.